The first kappa shape index (κ1) is 13.2. The first-order valence-electron chi connectivity index (χ1n) is 4.81. The summed E-state index contributed by atoms with van der Waals surface area (Å²) in [5, 5.41) is 1.85. The molecule has 1 radical (unpaired) electrons. The van der Waals surface area contributed by atoms with Gasteiger partial charge in [0.2, 0.25) is 0 Å². The van der Waals surface area contributed by atoms with Crippen molar-refractivity contribution >= 4 is 21.6 Å². The maximum atomic E-state index is 13.6. The van der Waals surface area contributed by atoms with Crippen LogP contribution in [0.4, 0.5) is 8.78 Å². The normalized spacial score (nSPS) is 10.3. The second-order valence-corrected chi connectivity index (χ2v) is 4.31. The number of fused-ring (bicyclic) bond motifs is 1. The standard InChI is InChI=1S/C12H5F2N2S.Ir/c13-7-1-2-8(9(14)5-7)11-12-10(3-4-17-12)15-6-16-11;/h1,3-6H;/q-1;. The minimum absolute atomic E-state index is 0. The van der Waals surface area contributed by atoms with Gasteiger partial charge in [0.25, 0.3) is 0 Å². The van der Waals surface area contributed by atoms with E-state index in [1.807, 2.05) is 11.4 Å². The molecule has 18 heavy (non-hydrogen) atoms. The minimum atomic E-state index is -0.668. The summed E-state index contributed by atoms with van der Waals surface area (Å²) in [5.74, 6) is -1.32. The molecule has 0 aliphatic heterocycles. The summed E-state index contributed by atoms with van der Waals surface area (Å²) in [7, 11) is 0. The molecule has 0 fully saturated rings. The van der Waals surface area contributed by atoms with Crippen molar-refractivity contribution in [1.29, 1.82) is 0 Å². The first-order valence-corrected chi connectivity index (χ1v) is 5.69. The molecule has 3 rings (SSSR count). The van der Waals surface area contributed by atoms with E-state index in [4.69, 9.17) is 0 Å². The van der Waals surface area contributed by atoms with Crippen LogP contribution in [0.3, 0.4) is 0 Å². The molecule has 0 N–H and O–H groups in total. The molecule has 2 aromatic heterocycles. The Morgan fingerprint density at radius 2 is 2.06 bits per heavy atom. The Morgan fingerprint density at radius 3 is 2.83 bits per heavy atom. The zero-order chi connectivity index (χ0) is 11.8. The molecule has 0 saturated carbocycles. The summed E-state index contributed by atoms with van der Waals surface area (Å²) < 4.78 is 27.2. The van der Waals surface area contributed by atoms with Gasteiger partial charge in [0, 0.05) is 42.1 Å². The fraction of sp³-hybridized carbons (Fsp3) is 0. The van der Waals surface area contributed by atoms with Gasteiger partial charge >= 0.3 is 0 Å². The van der Waals surface area contributed by atoms with Crippen molar-refractivity contribution < 1.29 is 28.9 Å². The van der Waals surface area contributed by atoms with Gasteiger partial charge in [0.1, 0.15) is 6.33 Å². The number of benzene rings is 1. The topological polar surface area (TPSA) is 25.8 Å². The van der Waals surface area contributed by atoms with Gasteiger partial charge in [-0.2, -0.15) is 11.3 Å². The molecule has 2 heterocycles. The predicted molar refractivity (Wildman–Crippen MR) is 61.6 cm³/mol. The maximum Gasteiger partial charge on any atom is 0.106 e. The van der Waals surface area contributed by atoms with Gasteiger partial charge in [-0.3, -0.25) is 13.8 Å². The van der Waals surface area contributed by atoms with Crippen LogP contribution in [0.15, 0.2) is 29.9 Å². The van der Waals surface area contributed by atoms with E-state index in [1.165, 1.54) is 17.7 Å². The molecule has 2 nitrogen and oxygen atoms in total. The second-order valence-electron chi connectivity index (χ2n) is 3.40. The van der Waals surface area contributed by atoms with E-state index >= 15 is 0 Å². The van der Waals surface area contributed by atoms with E-state index in [-0.39, 0.29) is 25.7 Å². The van der Waals surface area contributed by atoms with Crippen molar-refractivity contribution in [1.82, 2.24) is 9.97 Å². The van der Waals surface area contributed by atoms with E-state index < -0.39 is 11.6 Å². The minimum Gasteiger partial charge on any atom is -0.284 e. The Morgan fingerprint density at radius 1 is 1.22 bits per heavy atom. The average Bonchev–Trinajstić information content (AvgIpc) is 2.77. The number of hydrogen-bond acceptors (Lipinski definition) is 3. The summed E-state index contributed by atoms with van der Waals surface area (Å²) in [4.78, 5) is 8.11. The number of rotatable bonds is 1. The van der Waals surface area contributed by atoms with Crippen molar-refractivity contribution in [2.45, 2.75) is 0 Å². The van der Waals surface area contributed by atoms with Gasteiger partial charge in [-0.1, -0.05) is 11.6 Å². The van der Waals surface area contributed by atoms with E-state index in [0.717, 1.165) is 22.3 Å². The molecule has 0 spiro atoms. The average molecular weight is 439 g/mol. The van der Waals surface area contributed by atoms with E-state index in [9.17, 15) is 8.78 Å². The Labute approximate surface area is 119 Å². The second kappa shape index (κ2) is 5.18. The molecule has 3 aromatic rings. The van der Waals surface area contributed by atoms with Gasteiger partial charge in [-0.05, 0) is 11.4 Å². The zero-order valence-electron chi connectivity index (χ0n) is 8.78. The fourth-order valence-corrected chi connectivity index (χ4v) is 2.43. The zero-order valence-corrected chi connectivity index (χ0v) is 12.0. The van der Waals surface area contributed by atoms with Gasteiger partial charge in [-0.15, -0.1) is 12.1 Å². The Balaban J connectivity index is 0.00000120. The quantitative estimate of drug-likeness (QED) is 0.543. The SMILES string of the molecule is Fc1c[c-]c(-c2ncnc3ccsc23)c(F)c1.[Ir]. The van der Waals surface area contributed by atoms with Gasteiger partial charge in [0.15, 0.2) is 0 Å². The fourth-order valence-electron chi connectivity index (χ4n) is 1.59. The smallest absolute Gasteiger partial charge is 0.106 e. The predicted octanol–water partition coefficient (Wildman–Crippen LogP) is 3.43. The summed E-state index contributed by atoms with van der Waals surface area (Å²) in [5.41, 5.74) is 1.36. The van der Waals surface area contributed by atoms with Crippen LogP contribution in [0.5, 0.6) is 0 Å². The van der Waals surface area contributed by atoms with Crippen molar-refractivity contribution in [3.05, 3.63) is 47.6 Å². The van der Waals surface area contributed by atoms with Gasteiger partial charge in [-0.25, -0.2) is 4.98 Å². The molecule has 0 amide bonds. The van der Waals surface area contributed by atoms with E-state index in [1.54, 1.807) is 0 Å². The largest absolute Gasteiger partial charge is 0.284 e. The molecule has 0 bridgehead atoms. The molecule has 6 heteroatoms. The van der Waals surface area contributed by atoms with Gasteiger partial charge in [0.05, 0.1) is 5.52 Å². The van der Waals surface area contributed by atoms with Gasteiger partial charge < -0.3 is 0 Å². The maximum absolute atomic E-state index is 13.6. The van der Waals surface area contributed by atoms with Crippen molar-refractivity contribution in [2.24, 2.45) is 0 Å². The van der Waals surface area contributed by atoms with Crippen LogP contribution >= 0.6 is 11.3 Å². The van der Waals surface area contributed by atoms with Crippen LogP contribution in [0, 0.1) is 17.7 Å². The molecule has 93 valence electrons. The van der Waals surface area contributed by atoms with Crippen LogP contribution in [-0.4, -0.2) is 9.97 Å². The number of halogens is 2. The molecule has 0 unspecified atom stereocenters. The summed E-state index contributed by atoms with van der Waals surface area (Å²) in [6.45, 7) is 0. The third-order valence-electron chi connectivity index (χ3n) is 2.34. The third-order valence-corrected chi connectivity index (χ3v) is 3.25. The van der Waals surface area contributed by atoms with Crippen LogP contribution in [0.2, 0.25) is 0 Å². The van der Waals surface area contributed by atoms with Crippen LogP contribution in [-0.2, 0) is 20.1 Å². The summed E-state index contributed by atoms with van der Waals surface area (Å²) in [6.07, 6.45) is 1.36. The monoisotopic (exact) mass is 440 g/mol. The van der Waals surface area contributed by atoms with Crippen LogP contribution in [0.25, 0.3) is 21.5 Å². The van der Waals surface area contributed by atoms with Crippen LogP contribution < -0.4 is 0 Å². The molecular weight excluding hydrogens is 434 g/mol. The molecule has 1 aromatic carbocycles. The molecule has 0 aliphatic rings. The molecular formula is C12H5F2IrN2S-. The molecule has 0 aliphatic carbocycles. The van der Waals surface area contributed by atoms with Crippen molar-refractivity contribution in [3.8, 4) is 11.3 Å². The third kappa shape index (κ3) is 2.19. The molecule has 0 atom stereocenters. The number of aromatic nitrogens is 2. The molecule has 0 saturated heterocycles. The summed E-state index contributed by atoms with van der Waals surface area (Å²) >= 11 is 1.42. The number of hydrogen-bond donors (Lipinski definition) is 0. The summed E-state index contributed by atoms with van der Waals surface area (Å²) in [6, 6.07) is 6.32. The van der Waals surface area contributed by atoms with E-state index in [0.29, 0.717) is 5.69 Å². The van der Waals surface area contributed by atoms with Crippen molar-refractivity contribution in [2.75, 3.05) is 0 Å². The number of thiophene rings is 1. The first-order chi connectivity index (χ1) is 8.25. The Bertz CT molecular complexity index is 699. The van der Waals surface area contributed by atoms with Crippen LogP contribution in [0.1, 0.15) is 0 Å². The van der Waals surface area contributed by atoms with E-state index in [2.05, 4.69) is 16.0 Å². The Kier molecular flexibility index (Phi) is 3.80. The van der Waals surface area contributed by atoms with Crippen molar-refractivity contribution in [3.63, 3.8) is 0 Å². The number of nitrogens with zero attached hydrogens (tertiary/aromatic N) is 2. The Hall–Kier alpha value is -1.23.